The first kappa shape index (κ1) is 11.8. The molecule has 0 aromatic rings. The van der Waals surface area contributed by atoms with E-state index in [0.29, 0.717) is 13.0 Å². The summed E-state index contributed by atoms with van der Waals surface area (Å²) >= 11 is 0. The summed E-state index contributed by atoms with van der Waals surface area (Å²) in [5, 5.41) is 1.95. The predicted octanol–water partition coefficient (Wildman–Crippen LogP) is 0.635. The van der Waals surface area contributed by atoms with Crippen LogP contribution >= 0.6 is 0 Å². The van der Waals surface area contributed by atoms with E-state index in [1.165, 1.54) is 5.01 Å². The van der Waals surface area contributed by atoms with Crippen molar-refractivity contribution in [3.63, 3.8) is 0 Å². The number of hydrogen-bond donors (Lipinski definition) is 1. The number of carbonyl (C=O) groups is 2. The molecule has 0 atom stereocenters. The molecule has 2 amide bonds. The second-order valence-corrected chi connectivity index (χ2v) is 4.45. The van der Waals surface area contributed by atoms with Gasteiger partial charge in [0.25, 0.3) is 0 Å². The van der Waals surface area contributed by atoms with Crippen LogP contribution in [0.15, 0.2) is 0 Å². The molecular weight excluding hydrogens is 198 g/mol. The lowest BCUT2D eigenvalue weighted by Gasteiger charge is -2.29. The summed E-state index contributed by atoms with van der Waals surface area (Å²) < 4.78 is 5.03. The zero-order chi connectivity index (χ0) is 11.6. The summed E-state index contributed by atoms with van der Waals surface area (Å²) in [5.41, 5.74) is -0.614. The van der Waals surface area contributed by atoms with Crippen LogP contribution < -0.4 is 5.84 Å². The van der Waals surface area contributed by atoms with Gasteiger partial charge in [-0.25, -0.2) is 15.6 Å². The van der Waals surface area contributed by atoms with Crippen LogP contribution in [-0.4, -0.2) is 34.3 Å². The second kappa shape index (κ2) is 4.06. The van der Waals surface area contributed by atoms with E-state index in [2.05, 4.69) is 0 Å². The van der Waals surface area contributed by atoms with Crippen molar-refractivity contribution in [2.45, 2.75) is 39.2 Å². The third-order valence-corrected chi connectivity index (χ3v) is 1.89. The van der Waals surface area contributed by atoms with Crippen molar-refractivity contribution in [3.8, 4) is 0 Å². The SMILES string of the molecule is CC(C)(C)OC(=O)N(N)N1CCCC1=O. The molecule has 86 valence electrons. The minimum absolute atomic E-state index is 0.150. The number of hydrogen-bond acceptors (Lipinski definition) is 4. The first-order valence-corrected chi connectivity index (χ1v) is 4.89. The highest BCUT2D eigenvalue weighted by Gasteiger charge is 2.30. The third-order valence-electron chi connectivity index (χ3n) is 1.89. The lowest BCUT2D eigenvalue weighted by atomic mass is 10.2. The summed E-state index contributed by atoms with van der Waals surface area (Å²) in [5.74, 6) is 5.33. The van der Waals surface area contributed by atoms with E-state index in [-0.39, 0.29) is 5.91 Å². The van der Waals surface area contributed by atoms with Gasteiger partial charge in [0.1, 0.15) is 5.60 Å². The van der Waals surface area contributed by atoms with Crippen LogP contribution in [0, 0.1) is 0 Å². The van der Waals surface area contributed by atoms with Crippen molar-refractivity contribution < 1.29 is 14.3 Å². The number of carbonyl (C=O) groups excluding carboxylic acids is 2. The summed E-state index contributed by atoms with van der Waals surface area (Å²) in [7, 11) is 0. The molecule has 0 unspecified atom stereocenters. The quantitative estimate of drug-likeness (QED) is 0.395. The van der Waals surface area contributed by atoms with E-state index in [4.69, 9.17) is 10.6 Å². The summed E-state index contributed by atoms with van der Waals surface area (Å²) in [6.45, 7) is 5.69. The van der Waals surface area contributed by atoms with Crippen molar-refractivity contribution in [1.82, 2.24) is 10.1 Å². The Bertz CT molecular complexity index is 272. The van der Waals surface area contributed by atoms with E-state index in [9.17, 15) is 9.59 Å². The van der Waals surface area contributed by atoms with Crippen LogP contribution in [0.25, 0.3) is 0 Å². The fraction of sp³-hybridized carbons (Fsp3) is 0.778. The molecule has 0 aliphatic carbocycles. The fourth-order valence-corrected chi connectivity index (χ4v) is 1.27. The van der Waals surface area contributed by atoms with Crippen molar-refractivity contribution >= 4 is 12.0 Å². The van der Waals surface area contributed by atoms with Gasteiger partial charge in [0, 0.05) is 13.0 Å². The highest BCUT2D eigenvalue weighted by Crippen LogP contribution is 2.14. The number of nitrogens with two attached hydrogens (primary N) is 1. The van der Waals surface area contributed by atoms with Gasteiger partial charge in [0.15, 0.2) is 0 Å². The number of amides is 2. The Morgan fingerprint density at radius 1 is 1.53 bits per heavy atom. The molecule has 6 heteroatoms. The molecule has 0 aromatic carbocycles. The molecule has 0 saturated carbocycles. The Morgan fingerprint density at radius 2 is 2.13 bits per heavy atom. The summed E-state index contributed by atoms with van der Waals surface area (Å²) in [6.07, 6.45) is 0.434. The van der Waals surface area contributed by atoms with Crippen LogP contribution in [0.4, 0.5) is 4.79 Å². The Hall–Kier alpha value is -1.30. The van der Waals surface area contributed by atoms with Crippen molar-refractivity contribution in [3.05, 3.63) is 0 Å². The molecule has 1 rings (SSSR count). The smallest absolute Gasteiger partial charge is 0.441 e. The Morgan fingerprint density at radius 3 is 2.53 bits per heavy atom. The molecule has 2 N–H and O–H groups in total. The molecule has 0 radical (unpaired) electrons. The molecular formula is C9H17N3O3. The zero-order valence-electron chi connectivity index (χ0n) is 9.32. The van der Waals surface area contributed by atoms with Crippen LogP contribution in [0.5, 0.6) is 0 Å². The van der Waals surface area contributed by atoms with Crippen LogP contribution in [0.3, 0.4) is 0 Å². The van der Waals surface area contributed by atoms with Crippen LogP contribution in [0.1, 0.15) is 33.6 Å². The van der Waals surface area contributed by atoms with Gasteiger partial charge in [-0.1, -0.05) is 0 Å². The molecule has 0 spiro atoms. The fourth-order valence-electron chi connectivity index (χ4n) is 1.27. The van der Waals surface area contributed by atoms with Gasteiger partial charge in [-0.05, 0) is 27.2 Å². The summed E-state index contributed by atoms with van der Waals surface area (Å²) in [4.78, 5) is 22.8. The first-order chi connectivity index (χ1) is 6.81. The molecule has 1 saturated heterocycles. The monoisotopic (exact) mass is 215 g/mol. The first-order valence-electron chi connectivity index (χ1n) is 4.89. The van der Waals surface area contributed by atoms with Crippen molar-refractivity contribution in [1.29, 1.82) is 0 Å². The van der Waals surface area contributed by atoms with Gasteiger partial charge in [-0.2, -0.15) is 0 Å². The average Bonchev–Trinajstić information content (AvgIpc) is 2.47. The number of ether oxygens (including phenoxy) is 1. The number of rotatable bonds is 1. The highest BCUT2D eigenvalue weighted by molar-refractivity contribution is 5.80. The van der Waals surface area contributed by atoms with E-state index in [1.54, 1.807) is 20.8 Å². The molecule has 0 aromatic heterocycles. The predicted molar refractivity (Wildman–Crippen MR) is 53.2 cm³/mol. The Labute approximate surface area is 88.9 Å². The van der Waals surface area contributed by atoms with E-state index in [0.717, 1.165) is 11.5 Å². The third kappa shape index (κ3) is 3.09. The Balaban J connectivity index is 2.56. The van der Waals surface area contributed by atoms with E-state index in [1.807, 2.05) is 0 Å². The minimum Gasteiger partial charge on any atom is -0.441 e. The van der Waals surface area contributed by atoms with E-state index < -0.39 is 11.7 Å². The second-order valence-electron chi connectivity index (χ2n) is 4.45. The van der Waals surface area contributed by atoms with E-state index >= 15 is 0 Å². The van der Waals surface area contributed by atoms with Crippen LogP contribution in [-0.2, 0) is 9.53 Å². The lowest BCUT2D eigenvalue weighted by Crippen LogP contribution is -2.53. The topological polar surface area (TPSA) is 75.9 Å². The molecule has 1 fully saturated rings. The maximum Gasteiger partial charge on any atom is 0.444 e. The van der Waals surface area contributed by atoms with Crippen molar-refractivity contribution in [2.24, 2.45) is 5.84 Å². The molecule has 15 heavy (non-hydrogen) atoms. The molecule has 1 aliphatic heterocycles. The normalized spacial score (nSPS) is 16.8. The lowest BCUT2D eigenvalue weighted by molar-refractivity contribution is -0.142. The number of nitrogens with zero attached hydrogens (tertiary/aromatic N) is 2. The van der Waals surface area contributed by atoms with Gasteiger partial charge in [-0.3, -0.25) is 4.79 Å². The Kier molecular flexibility index (Phi) is 3.18. The molecule has 6 nitrogen and oxygen atoms in total. The molecule has 0 bridgehead atoms. The van der Waals surface area contributed by atoms with Gasteiger partial charge >= 0.3 is 6.09 Å². The van der Waals surface area contributed by atoms with Gasteiger partial charge < -0.3 is 4.74 Å². The maximum absolute atomic E-state index is 11.5. The van der Waals surface area contributed by atoms with Crippen LogP contribution in [0.2, 0.25) is 0 Å². The largest absolute Gasteiger partial charge is 0.444 e. The highest BCUT2D eigenvalue weighted by atomic mass is 16.6. The molecule has 1 heterocycles. The van der Waals surface area contributed by atoms with Gasteiger partial charge in [0.05, 0.1) is 0 Å². The zero-order valence-corrected chi connectivity index (χ0v) is 9.32. The van der Waals surface area contributed by atoms with Crippen molar-refractivity contribution in [2.75, 3.05) is 6.54 Å². The average molecular weight is 215 g/mol. The maximum atomic E-state index is 11.5. The standard InChI is InChI=1S/C9H17N3O3/c1-9(2,3)15-8(14)12(10)11-6-4-5-7(11)13/h4-6,10H2,1-3H3. The van der Waals surface area contributed by atoms with Gasteiger partial charge in [-0.15, -0.1) is 5.12 Å². The number of hydrazine groups is 2. The summed E-state index contributed by atoms with van der Waals surface area (Å²) in [6, 6.07) is 0. The van der Waals surface area contributed by atoms with Gasteiger partial charge in [0.2, 0.25) is 5.91 Å². The molecule has 1 aliphatic rings. The minimum atomic E-state index is -0.710.